The molecule has 2 aromatic carbocycles. The molecule has 3 aromatic rings. The highest BCUT2D eigenvalue weighted by molar-refractivity contribution is 7.80. The molecule has 0 saturated carbocycles. The van der Waals surface area contributed by atoms with Crippen LogP contribution in [0.15, 0.2) is 72.1 Å². The van der Waals surface area contributed by atoms with Crippen LogP contribution in [0, 0.1) is 27.3 Å². The number of thiocarbonyl (C=S) groups is 1. The zero-order chi connectivity index (χ0) is 26.4. The maximum absolute atomic E-state index is 9.26. The smallest absolute Gasteiger partial charge is 0.123 e. The molecule has 8 heteroatoms. The van der Waals surface area contributed by atoms with Gasteiger partial charge in [0, 0.05) is 38.1 Å². The minimum Gasteiger partial charge on any atom is -0.389 e. The van der Waals surface area contributed by atoms with Crippen molar-refractivity contribution < 1.29 is 0 Å². The van der Waals surface area contributed by atoms with E-state index >= 15 is 0 Å². The second kappa shape index (κ2) is 11.8. The van der Waals surface area contributed by atoms with Gasteiger partial charge in [0.15, 0.2) is 0 Å². The molecule has 6 nitrogen and oxygen atoms in total. The van der Waals surface area contributed by atoms with Crippen molar-refractivity contribution in [3.05, 3.63) is 105 Å². The zero-order valence-corrected chi connectivity index (χ0v) is 22.3. The van der Waals surface area contributed by atoms with Crippen LogP contribution < -0.4 is 10.6 Å². The van der Waals surface area contributed by atoms with E-state index in [4.69, 9.17) is 35.4 Å². The fourth-order valence-electron chi connectivity index (χ4n) is 4.80. The van der Waals surface area contributed by atoms with Gasteiger partial charge >= 0.3 is 0 Å². The average molecular weight is 525 g/mol. The van der Waals surface area contributed by atoms with Crippen molar-refractivity contribution in [2.75, 3.05) is 18.0 Å². The van der Waals surface area contributed by atoms with Gasteiger partial charge in [-0.3, -0.25) is 0 Å². The number of pyridine rings is 1. The summed E-state index contributed by atoms with van der Waals surface area (Å²) in [6, 6.07) is 23.1. The Labute approximate surface area is 228 Å². The molecule has 0 radical (unpaired) electrons. The molecule has 0 aliphatic carbocycles. The number of hydrogen-bond donors (Lipinski definition) is 2. The first kappa shape index (κ1) is 26.1. The van der Waals surface area contributed by atoms with E-state index in [2.05, 4.69) is 69.4 Å². The number of rotatable bonds is 3. The number of hydrogen-bond acceptors (Lipinski definition) is 6. The summed E-state index contributed by atoms with van der Waals surface area (Å²) in [5, 5.41) is 18.4. The van der Waals surface area contributed by atoms with Gasteiger partial charge in [0.2, 0.25) is 0 Å². The van der Waals surface area contributed by atoms with E-state index in [0.29, 0.717) is 15.8 Å². The largest absolute Gasteiger partial charge is 0.389 e. The molecule has 1 aromatic heterocycles. The molecule has 3 N–H and O–H groups in total. The third-order valence-electron chi connectivity index (χ3n) is 6.85. The third kappa shape index (κ3) is 5.89. The van der Waals surface area contributed by atoms with Crippen LogP contribution in [0.4, 0.5) is 5.69 Å². The van der Waals surface area contributed by atoms with Gasteiger partial charge in [-0.25, -0.2) is 0 Å². The Hall–Kier alpha value is -3.98. The van der Waals surface area contributed by atoms with Crippen LogP contribution in [0.2, 0.25) is 0 Å². The summed E-state index contributed by atoms with van der Waals surface area (Å²) in [6.45, 7) is 5.38. The monoisotopic (exact) mass is 524 g/mol. The van der Waals surface area contributed by atoms with Gasteiger partial charge in [-0.05, 0) is 48.1 Å². The van der Waals surface area contributed by atoms with Crippen LogP contribution in [0.3, 0.4) is 0 Å². The molecule has 2 aliphatic rings. The number of nitrogens with zero attached hydrogens (tertiary/aromatic N) is 4. The standard InChI is InChI=1S/C15H13N3S.C14H15N3S/c16-9-13-14(5-7-17-15(13)19)18-8-6-11-3-1-2-4-12(11)10-18;1-10(13(8-15)14(16)18)17-7-6-11-4-2-3-5-12(11)9-17/h1-5,7H,6,8,10H2,(H,17,19);2-5H,6-7,9H2,1H3,(H2,16,18)/b;13-10-. The lowest BCUT2D eigenvalue weighted by molar-refractivity contribution is 0.322. The lowest BCUT2D eigenvalue weighted by atomic mass is 9.99. The third-order valence-corrected chi connectivity index (χ3v) is 7.37. The summed E-state index contributed by atoms with van der Waals surface area (Å²) in [5.74, 6) is 0. The lowest BCUT2D eigenvalue weighted by Crippen LogP contribution is -2.31. The number of anilines is 1. The van der Waals surface area contributed by atoms with E-state index in [9.17, 15) is 5.26 Å². The van der Waals surface area contributed by atoms with Crippen LogP contribution in [0.5, 0.6) is 0 Å². The summed E-state index contributed by atoms with van der Waals surface area (Å²) < 4.78 is 0.513. The van der Waals surface area contributed by atoms with Crippen LogP contribution in [0.1, 0.15) is 34.7 Å². The number of aromatic nitrogens is 1. The molecule has 0 spiro atoms. The lowest BCUT2D eigenvalue weighted by Gasteiger charge is -2.31. The topological polar surface area (TPSA) is 95.9 Å². The molecule has 5 rings (SSSR count). The van der Waals surface area contributed by atoms with Gasteiger partial charge in [0.1, 0.15) is 32.9 Å². The zero-order valence-electron chi connectivity index (χ0n) is 20.7. The van der Waals surface area contributed by atoms with Crippen molar-refractivity contribution in [3.8, 4) is 12.1 Å². The van der Waals surface area contributed by atoms with Crippen LogP contribution >= 0.6 is 24.4 Å². The Morgan fingerprint density at radius 2 is 1.51 bits per heavy atom. The highest BCUT2D eigenvalue weighted by Crippen LogP contribution is 2.27. The maximum Gasteiger partial charge on any atom is 0.123 e. The van der Waals surface area contributed by atoms with Crippen LogP contribution in [0.25, 0.3) is 0 Å². The van der Waals surface area contributed by atoms with Crippen molar-refractivity contribution in [3.63, 3.8) is 0 Å². The number of allylic oxidation sites excluding steroid dienone is 1. The predicted octanol–water partition coefficient (Wildman–Crippen LogP) is 5.31. The fourth-order valence-corrected chi connectivity index (χ4v) is 5.21. The molecule has 0 unspecified atom stereocenters. The predicted molar refractivity (Wildman–Crippen MR) is 153 cm³/mol. The Bertz CT molecular complexity index is 1490. The Balaban J connectivity index is 0.000000173. The summed E-state index contributed by atoms with van der Waals surface area (Å²) in [7, 11) is 0. The number of H-pyrrole nitrogens is 1. The van der Waals surface area contributed by atoms with Gasteiger partial charge in [-0.15, -0.1) is 0 Å². The Kier molecular flexibility index (Phi) is 8.35. The molecule has 0 amide bonds. The van der Waals surface area contributed by atoms with Crippen LogP contribution in [-0.2, 0) is 25.9 Å². The number of aromatic amines is 1. The van der Waals surface area contributed by atoms with Crippen molar-refractivity contribution in [1.29, 1.82) is 10.5 Å². The number of benzene rings is 2. The SMILES string of the molecule is C/C(=C(\C#N)C(N)=S)N1CCc2ccccc2C1.N#Cc1c(N2CCc3ccccc3C2)cc[nH]c1=S. The van der Waals surface area contributed by atoms with E-state index in [0.717, 1.165) is 50.4 Å². The summed E-state index contributed by atoms with van der Waals surface area (Å²) in [6.07, 6.45) is 3.80. The fraction of sp³-hybridized carbons (Fsp3) is 0.241. The molecule has 0 fully saturated rings. The normalized spacial score (nSPS) is 14.6. The average Bonchev–Trinajstić information content (AvgIpc) is 2.93. The highest BCUT2D eigenvalue weighted by Gasteiger charge is 2.20. The summed E-state index contributed by atoms with van der Waals surface area (Å²) >= 11 is 10.1. The second-order valence-electron chi connectivity index (χ2n) is 9.00. The summed E-state index contributed by atoms with van der Waals surface area (Å²) in [4.78, 5) is 7.48. The van der Waals surface area contributed by atoms with Gasteiger partial charge in [0.25, 0.3) is 0 Å². The first-order chi connectivity index (χ1) is 17.9. The van der Waals surface area contributed by atoms with E-state index in [1.54, 1.807) is 6.20 Å². The van der Waals surface area contributed by atoms with Gasteiger partial charge < -0.3 is 20.5 Å². The molecule has 0 atom stereocenters. The minimum absolute atomic E-state index is 0.175. The molecule has 0 saturated heterocycles. The maximum atomic E-state index is 9.26. The summed E-state index contributed by atoms with van der Waals surface area (Å²) in [5.41, 5.74) is 13.8. The van der Waals surface area contributed by atoms with E-state index in [1.165, 1.54) is 22.3 Å². The van der Waals surface area contributed by atoms with Crippen molar-refractivity contribution in [1.82, 2.24) is 9.88 Å². The molecule has 0 bridgehead atoms. The number of nitriles is 2. The van der Waals surface area contributed by atoms with Gasteiger partial charge in [-0.2, -0.15) is 10.5 Å². The van der Waals surface area contributed by atoms with Crippen molar-refractivity contribution in [2.45, 2.75) is 32.9 Å². The Morgan fingerprint density at radius 3 is 2.11 bits per heavy atom. The molecule has 186 valence electrons. The second-order valence-corrected chi connectivity index (χ2v) is 9.84. The van der Waals surface area contributed by atoms with Gasteiger partial charge in [0.05, 0.1) is 5.69 Å². The minimum atomic E-state index is 0.175. The van der Waals surface area contributed by atoms with Gasteiger partial charge in [-0.1, -0.05) is 73.0 Å². The molecule has 3 heterocycles. The highest BCUT2D eigenvalue weighted by atomic mass is 32.1. The molecule has 37 heavy (non-hydrogen) atoms. The van der Waals surface area contributed by atoms with E-state index < -0.39 is 0 Å². The first-order valence-electron chi connectivity index (χ1n) is 12.1. The van der Waals surface area contributed by atoms with Crippen LogP contribution in [-0.4, -0.2) is 28.0 Å². The first-order valence-corrected chi connectivity index (χ1v) is 12.9. The molecular formula is C29H28N6S2. The number of nitrogens with one attached hydrogen (secondary N) is 1. The van der Waals surface area contributed by atoms with Crippen molar-refractivity contribution >= 4 is 35.1 Å². The van der Waals surface area contributed by atoms with Crippen molar-refractivity contribution in [2.24, 2.45) is 5.73 Å². The quantitative estimate of drug-likeness (QED) is 0.272. The van der Waals surface area contributed by atoms with E-state index in [1.807, 2.05) is 19.1 Å². The molecular weight excluding hydrogens is 496 g/mol. The number of fused-ring (bicyclic) bond motifs is 2. The molecule has 2 aliphatic heterocycles. The Morgan fingerprint density at radius 1 is 0.919 bits per heavy atom. The number of nitrogens with two attached hydrogens (primary N) is 1. The van der Waals surface area contributed by atoms with E-state index in [-0.39, 0.29) is 4.99 Å².